The van der Waals surface area contributed by atoms with E-state index in [9.17, 15) is 0 Å². The summed E-state index contributed by atoms with van der Waals surface area (Å²) in [4.78, 5) is 4.46. The lowest BCUT2D eigenvalue weighted by molar-refractivity contribution is 0.422. The van der Waals surface area contributed by atoms with Gasteiger partial charge < -0.3 is 9.09 Å². The molecule has 142 valence electrons. The maximum Gasteiger partial charge on any atom is 0.258 e. The highest BCUT2D eigenvalue weighted by Gasteiger charge is 2.24. The van der Waals surface area contributed by atoms with Crippen molar-refractivity contribution in [3.63, 3.8) is 0 Å². The Morgan fingerprint density at radius 3 is 2.54 bits per heavy atom. The highest BCUT2D eigenvalue weighted by molar-refractivity contribution is 7.80. The molecule has 0 radical (unpaired) electrons. The van der Waals surface area contributed by atoms with Gasteiger partial charge in [0.1, 0.15) is 5.25 Å². The number of benzene rings is 2. The van der Waals surface area contributed by atoms with E-state index in [1.807, 2.05) is 47.9 Å². The zero-order valence-electron chi connectivity index (χ0n) is 14.8. The van der Waals surface area contributed by atoms with Gasteiger partial charge >= 0.3 is 0 Å². The molecule has 0 saturated heterocycles. The zero-order chi connectivity index (χ0) is 19.7. The van der Waals surface area contributed by atoms with Gasteiger partial charge in [-0.15, -0.1) is 10.2 Å². The smallest absolute Gasteiger partial charge is 0.258 e. The molecule has 0 aliphatic carbocycles. The maximum atomic E-state index is 6.04. The van der Waals surface area contributed by atoms with Crippen molar-refractivity contribution in [1.82, 2.24) is 24.9 Å². The first-order chi connectivity index (χ1) is 13.6. The van der Waals surface area contributed by atoms with Gasteiger partial charge in [0.25, 0.3) is 5.89 Å². The standard InChI is InChI=1S/C19H15Cl2N5OS/c1-2-26-17(11-6-8-13(20)9-7-11)23-24-18(26)15(28)16-22-19(27-25-16)12-4-3-5-14(21)10-12/h3-10,15,28H,2H2,1H3. The third kappa shape index (κ3) is 3.65. The van der Waals surface area contributed by atoms with Crippen molar-refractivity contribution in [2.45, 2.75) is 18.7 Å². The Balaban J connectivity index is 1.67. The molecular weight excluding hydrogens is 417 g/mol. The van der Waals surface area contributed by atoms with E-state index >= 15 is 0 Å². The minimum absolute atomic E-state index is 0.372. The van der Waals surface area contributed by atoms with Crippen LogP contribution in [0.15, 0.2) is 53.1 Å². The second kappa shape index (κ2) is 7.95. The number of thiol groups is 1. The van der Waals surface area contributed by atoms with Crippen LogP contribution in [-0.4, -0.2) is 24.9 Å². The van der Waals surface area contributed by atoms with Crippen LogP contribution in [0.3, 0.4) is 0 Å². The molecule has 2 aromatic heterocycles. The molecule has 4 aromatic rings. The molecule has 4 rings (SSSR count). The molecule has 2 heterocycles. The largest absolute Gasteiger partial charge is 0.334 e. The summed E-state index contributed by atoms with van der Waals surface area (Å²) >= 11 is 16.7. The van der Waals surface area contributed by atoms with Crippen LogP contribution in [0.2, 0.25) is 10.0 Å². The molecule has 1 unspecified atom stereocenters. The molecule has 0 bridgehead atoms. The van der Waals surface area contributed by atoms with E-state index < -0.39 is 5.25 Å². The fourth-order valence-electron chi connectivity index (χ4n) is 2.84. The van der Waals surface area contributed by atoms with Gasteiger partial charge in [-0.05, 0) is 49.4 Å². The summed E-state index contributed by atoms with van der Waals surface area (Å²) in [6.45, 7) is 2.68. The molecule has 0 N–H and O–H groups in total. The molecule has 0 aliphatic heterocycles. The number of rotatable bonds is 5. The molecule has 0 spiro atoms. The highest BCUT2D eigenvalue weighted by atomic mass is 35.5. The number of aromatic nitrogens is 5. The molecule has 6 nitrogen and oxygen atoms in total. The SMILES string of the molecule is CCn1c(-c2ccc(Cl)cc2)nnc1C(S)c1noc(-c2cccc(Cl)c2)n1. The average Bonchev–Trinajstić information content (AvgIpc) is 3.35. The van der Waals surface area contributed by atoms with Crippen LogP contribution in [0, 0.1) is 0 Å². The van der Waals surface area contributed by atoms with Crippen molar-refractivity contribution in [2.24, 2.45) is 0 Å². The van der Waals surface area contributed by atoms with E-state index in [1.165, 1.54) is 0 Å². The lowest BCUT2D eigenvalue weighted by atomic mass is 10.2. The average molecular weight is 432 g/mol. The van der Waals surface area contributed by atoms with Crippen LogP contribution < -0.4 is 0 Å². The van der Waals surface area contributed by atoms with Crippen molar-refractivity contribution in [2.75, 3.05) is 0 Å². The van der Waals surface area contributed by atoms with Crippen molar-refractivity contribution in [1.29, 1.82) is 0 Å². The Hall–Kier alpha value is -2.35. The number of nitrogens with zero attached hydrogens (tertiary/aromatic N) is 5. The lowest BCUT2D eigenvalue weighted by Crippen LogP contribution is -2.08. The number of halogens is 2. The van der Waals surface area contributed by atoms with Crippen LogP contribution in [0.4, 0.5) is 0 Å². The predicted molar refractivity (Wildman–Crippen MR) is 112 cm³/mol. The van der Waals surface area contributed by atoms with Crippen molar-refractivity contribution < 1.29 is 4.52 Å². The maximum absolute atomic E-state index is 6.04. The quantitative estimate of drug-likeness (QED) is 0.431. The second-order valence-electron chi connectivity index (χ2n) is 6.00. The van der Waals surface area contributed by atoms with Crippen LogP contribution in [-0.2, 0) is 6.54 Å². The highest BCUT2D eigenvalue weighted by Crippen LogP contribution is 2.30. The predicted octanol–water partition coefficient (Wildman–Crippen LogP) is 5.34. The summed E-state index contributed by atoms with van der Waals surface area (Å²) < 4.78 is 7.35. The first-order valence-corrected chi connectivity index (χ1v) is 9.80. The first-order valence-electron chi connectivity index (χ1n) is 8.53. The van der Waals surface area contributed by atoms with E-state index in [2.05, 4.69) is 33.0 Å². The van der Waals surface area contributed by atoms with Gasteiger partial charge in [-0.3, -0.25) is 0 Å². The van der Waals surface area contributed by atoms with Gasteiger partial charge in [-0.2, -0.15) is 17.6 Å². The van der Waals surface area contributed by atoms with Crippen molar-refractivity contribution in [3.8, 4) is 22.8 Å². The molecule has 0 amide bonds. The van der Waals surface area contributed by atoms with E-state index in [0.717, 1.165) is 17.0 Å². The first kappa shape index (κ1) is 19.0. The van der Waals surface area contributed by atoms with Gasteiger partial charge in [-0.1, -0.05) is 34.4 Å². The van der Waals surface area contributed by atoms with E-state index in [-0.39, 0.29) is 0 Å². The Kier molecular flexibility index (Phi) is 5.39. The molecule has 1 atom stereocenters. The lowest BCUT2D eigenvalue weighted by Gasteiger charge is -2.10. The number of hydrogen-bond acceptors (Lipinski definition) is 6. The Morgan fingerprint density at radius 1 is 1.04 bits per heavy atom. The molecular formula is C19H15Cl2N5OS. The van der Waals surface area contributed by atoms with E-state index in [4.69, 9.17) is 27.7 Å². The fourth-order valence-corrected chi connectivity index (χ4v) is 3.45. The minimum Gasteiger partial charge on any atom is -0.334 e. The molecule has 28 heavy (non-hydrogen) atoms. The summed E-state index contributed by atoms with van der Waals surface area (Å²) in [5, 5.41) is 13.5. The molecule has 0 saturated carbocycles. The van der Waals surface area contributed by atoms with Gasteiger partial charge in [0.2, 0.25) is 0 Å². The fraction of sp³-hybridized carbons (Fsp3) is 0.158. The number of hydrogen-bond donors (Lipinski definition) is 1. The van der Waals surface area contributed by atoms with Crippen molar-refractivity contribution in [3.05, 3.63) is 70.2 Å². The van der Waals surface area contributed by atoms with Crippen LogP contribution in [0.25, 0.3) is 22.8 Å². The summed E-state index contributed by atoms with van der Waals surface area (Å²) in [7, 11) is 0. The minimum atomic E-state index is -0.495. The van der Waals surface area contributed by atoms with Crippen LogP contribution in [0.5, 0.6) is 0 Å². The topological polar surface area (TPSA) is 69.6 Å². The summed E-state index contributed by atoms with van der Waals surface area (Å²) in [6, 6.07) is 14.7. The zero-order valence-corrected chi connectivity index (χ0v) is 17.2. The third-order valence-electron chi connectivity index (χ3n) is 4.20. The normalized spacial score (nSPS) is 12.3. The van der Waals surface area contributed by atoms with E-state index in [1.54, 1.807) is 12.1 Å². The molecule has 0 aliphatic rings. The Labute approximate surface area is 176 Å². The van der Waals surface area contributed by atoms with Gasteiger partial charge in [0.15, 0.2) is 17.5 Å². The summed E-state index contributed by atoms with van der Waals surface area (Å²) in [5.41, 5.74) is 1.66. The Morgan fingerprint density at radius 2 is 1.82 bits per heavy atom. The van der Waals surface area contributed by atoms with Gasteiger partial charge in [0, 0.05) is 27.7 Å². The third-order valence-corrected chi connectivity index (χ3v) is 5.15. The van der Waals surface area contributed by atoms with Crippen LogP contribution in [0.1, 0.15) is 23.8 Å². The van der Waals surface area contributed by atoms with Gasteiger partial charge in [0.05, 0.1) is 0 Å². The Bertz CT molecular complexity index is 1110. The summed E-state index contributed by atoms with van der Waals surface area (Å²) in [5.74, 6) is 2.14. The summed E-state index contributed by atoms with van der Waals surface area (Å²) in [6.07, 6.45) is 0. The van der Waals surface area contributed by atoms with Gasteiger partial charge in [-0.25, -0.2) is 0 Å². The van der Waals surface area contributed by atoms with E-state index in [0.29, 0.717) is 34.1 Å². The molecule has 0 fully saturated rings. The monoisotopic (exact) mass is 431 g/mol. The van der Waals surface area contributed by atoms with Crippen LogP contribution >= 0.6 is 35.8 Å². The molecule has 2 aromatic carbocycles. The molecule has 9 heteroatoms. The van der Waals surface area contributed by atoms with Crippen molar-refractivity contribution >= 4 is 35.8 Å². The second-order valence-corrected chi connectivity index (χ2v) is 7.39.